The smallest absolute Gasteiger partial charge is 0.0999 e. The van der Waals surface area contributed by atoms with Crippen LogP contribution in [0.3, 0.4) is 0 Å². The molecule has 0 radical (unpaired) electrons. The number of ether oxygens (including phenoxy) is 1. The Kier molecular flexibility index (Phi) is 3.39. The first kappa shape index (κ1) is 10.7. The summed E-state index contributed by atoms with van der Waals surface area (Å²) in [5.41, 5.74) is 1.36. The Morgan fingerprint density at radius 1 is 1.27 bits per heavy atom. The number of benzene rings is 1. The summed E-state index contributed by atoms with van der Waals surface area (Å²) in [6.07, 6.45) is 1.54. The first-order valence-corrected chi connectivity index (χ1v) is 5.65. The van der Waals surface area contributed by atoms with Crippen LogP contribution >= 0.6 is 0 Å². The molecule has 0 amide bonds. The van der Waals surface area contributed by atoms with Crippen LogP contribution in [-0.2, 0) is 11.3 Å². The Balaban J connectivity index is 1.95. The van der Waals surface area contributed by atoms with Crippen LogP contribution < -0.4 is 0 Å². The molecule has 1 saturated heterocycles. The quantitative estimate of drug-likeness (QED) is 0.736. The maximum Gasteiger partial charge on any atom is 0.0999 e. The molecule has 0 aromatic heterocycles. The molecule has 15 heavy (non-hydrogen) atoms. The lowest BCUT2D eigenvalue weighted by molar-refractivity contribution is -0.0887. The highest BCUT2D eigenvalue weighted by molar-refractivity contribution is 5.14. The van der Waals surface area contributed by atoms with Crippen LogP contribution in [0.1, 0.15) is 25.8 Å². The third-order valence-electron chi connectivity index (χ3n) is 3.05. The van der Waals surface area contributed by atoms with Crippen LogP contribution in [0.2, 0.25) is 0 Å². The molecule has 2 rings (SSSR count). The van der Waals surface area contributed by atoms with Crippen molar-refractivity contribution < 1.29 is 4.74 Å². The molecular weight excluding hydrogens is 186 g/mol. The number of nitrogens with zero attached hydrogens (tertiary/aromatic N) is 1. The molecule has 1 aliphatic heterocycles. The van der Waals surface area contributed by atoms with Gasteiger partial charge < -0.3 is 4.74 Å². The van der Waals surface area contributed by atoms with Gasteiger partial charge in [0.2, 0.25) is 0 Å². The summed E-state index contributed by atoms with van der Waals surface area (Å²) >= 11 is 0. The summed E-state index contributed by atoms with van der Waals surface area (Å²) in [6, 6.07) is 11.2. The fourth-order valence-corrected chi connectivity index (χ4v) is 2.07. The molecule has 1 aliphatic rings. The fourth-order valence-electron chi connectivity index (χ4n) is 2.07. The summed E-state index contributed by atoms with van der Waals surface area (Å²) in [7, 11) is 0. The van der Waals surface area contributed by atoms with E-state index in [0.717, 1.165) is 19.7 Å². The molecule has 0 saturated carbocycles. The Labute approximate surface area is 91.9 Å². The molecule has 0 unspecified atom stereocenters. The Hall–Kier alpha value is -0.860. The van der Waals surface area contributed by atoms with E-state index in [2.05, 4.69) is 49.1 Å². The van der Waals surface area contributed by atoms with Crippen molar-refractivity contribution >= 4 is 0 Å². The van der Waals surface area contributed by atoms with Gasteiger partial charge in [0.15, 0.2) is 0 Å². The van der Waals surface area contributed by atoms with Gasteiger partial charge in [0.1, 0.15) is 0 Å². The molecule has 1 heterocycles. The van der Waals surface area contributed by atoms with Gasteiger partial charge in [-0.25, -0.2) is 0 Å². The minimum absolute atomic E-state index is 0.409. The molecule has 1 fully saturated rings. The van der Waals surface area contributed by atoms with E-state index in [0.29, 0.717) is 12.1 Å². The maximum absolute atomic E-state index is 5.66. The highest BCUT2D eigenvalue weighted by atomic mass is 16.5. The normalized spacial score (nSPS) is 27.9. The van der Waals surface area contributed by atoms with Crippen molar-refractivity contribution in [1.29, 1.82) is 0 Å². The Morgan fingerprint density at radius 3 is 2.67 bits per heavy atom. The predicted molar refractivity (Wildman–Crippen MR) is 61.5 cm³/mol. The third kappa shape index (κ3) is 2.80. The van der Waals surface area contributed by atoms with Gasteiger partial charge in [-0.15, -0.1) is 0 Å². The molecule has 1 aromatic rings. The van der Waals surface area contributed by atoms with Crippen LogP contribution in [-0.4, -0.2) is 23.8 Å². The van der Waals surface area contributed by atoms with Crippen molar-refractivity contribution in [3.8, 4) is 0 Å². The van der Waals surface area contributed by atoms with Crippen LogP contribution in [0.15, 0.2) is 30.3 Å². The van der Waals surface area contributed by atoms with Crippen molar-refractivity contribution in [2.24, 2.45) is 0 Å². The molecule has 0 bridgehead atoms. The summed E-state index contributed by atoms with van der Waals surface area (Å²) < 4.78 is 5.66. The fraction of sp³-hybridized carbons (Fsp3) is 0.538. The summed E-state index contributed by atoms with van der Waals surface area (Å²) in [5, 5.41) is 0. The Morgan fingerprint density at radius 2 is 2.00 bits per heavy atom. The zero-order valence-corrected chi connectivity index (χ0v) is 9.52. The zero-order valence-electron chi connectivity index (χ0n) is 9.52. The van der Waals surface area contributed by atoms with Gasteiger partial charge in [-0.05, 0) is 25.8 Å². The van der Waals surface area contributed by atoms with E-state index in [-0.39, 0.29) is 0 Å². The van der Waals surface area contributed by atoms with E-state index in [1.165, 1.54) is 5.56 Å². The molecular formula is C13H19NO. The van der Waals surface area contributed by atoms with E-state index < -0.39 is 0 Å². The molecule has 82 valence electrons. The van der Waals surface area contributed by atoms with E-state index in [4.69, 9.17) is 4.74 Å². The lowest BCUT2D eigenvalue weighted by Gasteiger charge is -2.36. The molecule has 2 atom stereocenters. The lowest BCUT2D eigenvalue weighted by atomic mass is 10.1. The number of hydrogen-bond donors (Lipinski definition) is 0. The highest BCUT2D eigenvalue weighted by Crippen LogP contribution is 2.18. The summed E-state index contributed by atoms with van der Waals surface area (Å²) in [5.74, 6) is 0. The van der Waals surface area contributed by atoms with Gasteiger partial charge >= 0.3 is 0 Å². The molecule has 1 aromatic carbocycles. The third-order valence-corrected chi connectivity index (χ3v) is 3.05. The first-order chi connectivity index (χ1) is 7.25. The van der Waals surface area contributed by atoms with Gasteiger partial charge in [0.05, 0.1) is 12.8 Å². The van der Waals surface area contributed by atoms with Gasteiger partial charge in [-0.1, -0.05) is 30.3 Å². The number of rotatable bonds is 2. The zero-order chi connectivity index (χ0) is 10.7. The van der Waals surface area contributed by atoms with Crippen molar-refractivity contribution in [3.05, 3.63) is 35.9 Å². The van der Waals surface area contributed by atoms with E-state index in [1.54, 1.807) is 0 Å². The van der Waals surface area contributed by atoms with Gasteiger partial charge in [0, 0.05) is 12.6 Å². The first-order valence-electron chi connectivity index (χ1n) is 5.65. The van der Waals surface area contributed by atoms with E-state index in [1.807, 2.05) is 0 Å². The van der Waals surface area contributed by atoms with Crippen molar-refractivity contribution in [2.75, 3.05) is 6.73 Å². The average Bonchev–Trinajstić information content (AvgIpc) is 2.24. The van der Waals surface area contributed by atoms with Crippen molar-refractivity contribution in [3.63, 3.8) is 0 Å². The SMILES string of the molecule is C[C@@H]1C[C@H](C)N(Cc2ccccc2)CO1. The van der Waals surface area contributed by atoms with Crippen LogP contribution in [0.5, 0.6) is 0 Å². The summed E-state index contributed by atoms with van der Waals surface area (Å²) in [6.45, 7) is 6.18. The molecule has 0 spiro atoms. The summed E-state index contributed by atoms with van der Waals surface area (Å²) in [4.78, 5) is 2.38. The lowest BCUT2D eigenvalue weighted by Crippen LogP contribution is -2.42. The number of hydrogen-bond acceptors (Lipinski definition) is 2. The van der Waals surface area contributed by atoms with Crippen LogP contribution in [0.4, 0.5) is 0 Å². The van der Waals surface area contributed by atoms with Crippen molar-refractivity contribution in [1.82, 2.24) is 4.90 Å². The molecule has 0 N–H and O–H groups in total. The second-order valence-electron chi connectivity index (χ2n) is 4.42. The van der Waals surface area contributed by atoms with Crippen LogP contribution in [0, 0.1) is 0 Å². The molecule has 2 heteroatoms. The largest absolute Gasteiger partial charge is 0.363 e. The van der Waals surface area contributed by atoms with Crippen molar-refractivity contribution in [2.45, 2.75) is 39.0 Å². The standard InChI is InChI=1S/C13H19NO/c1-11-8-12(2)15-10-14(11)9-13-6-4-3-5-7-13/h3-7,11-12H,8-10H2,1-2H3/t11-,12+/m0/s1. The molecule has 0 aliphatic carbocycles. The Bertz CT molecular complexity index is 299. The highest BCUT2D eigenvalue weighted by Gasteiger charge is 2.22. The maximum atomic E-state index is 5.66. The topological polar surface area (TPSA) is 12.5 Å². The average molecular weight is 205 g/mol. The van der Waals surface area contributed by atoms with Gasteiger partial charge in [-0.2, -0.15) is 0 Å². The van der Waals surface area contributed by atoms with Crippen LogP contribution in [0.25, 0.3) is 0 Å². The minimum Gasteiger partial charge on any atom is -0.363 e. The second-order valence-corrected chi connectivity index (χ2v) is 4.42. The monoisotopic (exact) mass is 205 g/mol. The molecule has 2 nitrogen and oxygen atoms in total. The van der Waals surface area contributed by atoms with E-state index >= 15 is 0 Å². The second kappa shape index (κ2) is 4.77. The van der Waals surface area contributed by atoms with Gasteiger partial charge in [0.25, 0.3) is 0 Å². The predicted octanol–water partition coefficient (Wildman–Crippen LogP) is 2.64. The van der Waals surface area contributed by atoms with Gasteiger partial charge in [-0.3, -0.25) is 4.90 Å². The van der Waals surface area contributed by atoms with E-state index in [9.17, 15) is 0 Å². The minimum atomic E-state index is 0.409.